The van der Waals surface area contributed by atoms with E-state index in [1.165, 1.54) is 116 Å². The first kappa shape index (κ1) is 53.7. The van der Waals surface area contributed by atoms with Crippen LogP contribution in [0.5, 0.6) is 0 Å². The van der Waals surface area contributed by atoms with Crippen LogP contribution in [0.3, 0.4) is 0 Å². The highest BCUT2D eigenvalue weighted by atomic mass is 31.2. The summed E-state index contributed by atoms with van der Waals surface area (Å²) in [4.78, 5) is 25.0. The molecule has 9 heteroatoms. The number of hydrogen-bond donors (Lipinski definition) is 2. The fourth-order valence-corrected chi connectivity index (χ4v) is 7.18. The van der Waals surface area contributed by atoms with Gasteiger partial charge in [-0.15, -0.1) is 0 Å². The summed E-state index contributed by atoms with van der Waals surface area (Å²) < 4.78 is 23.0. The molecule has 0 aromatic heterocycles. The lowest BCUT2D eigenvalue weighted by Crippen LogP contribution is -2.46. The lowest BCUT2D eigenvalue weighted by atomic mass is 10.0. The third kappa shape index (κ3) is 40.7. The molecule has 0 heterocycles. The first-order valence-electron chi connectivity index (χ1n) is 22.8. The van der Waals surface area contributed by atoms with Crippen molar-refractivity contribution in [3.05, 3.63) is 36.5 Å². The van der Waals surface area contributed by atoms with E-state index in [0.29, 0.717) is 23.9 Å². The summed E-state index contributed by atoms with van der Waals surface area (Å²) in [6, 6.07) is -0.795. The molecule has 324 valence electrons. The number of nitrogens with one attached hydrogen (secondary N) is 1. The molecular weight excluding hydrogens is 707 g/mol. The van der Waals surface area contributed by atoms with Crippen molar-refractivity contribution in [1.29, 1.82) is 0 Å². The highest BCUT2D eigenvalue weighted by Gasteiger charge is 2.24. The summed E-state index contributed by atoms with van der Waals surface area (Å²) in [6.45, 7) is 4.58. The summed E-state index contributed by atoms with van der Waals surface area (Å²) in [5, 5.41) is 13.6. The van der Waals surface area contributed by atoms with Crippen LogP contribution in [0.1, 0.15) is 200 Å². The van der Waals surface area contributed by atoms with Crippen LogP contribution in [-0.4, -0.2) is 68.5 Å². The molecule has 0 fully saturated rings. The minimum Gasteiger partial charge on any atom is -0.756 e. The number of aliphatic hydroxyl groups is 1. The maximum Gasteiger partial charge on any atom is 0.268 e. The number of rotatable bonds is 41. The van der Waals surface area contributed by atoms with Crippen LogP contribution < -0.4 is 10.2 Å². The van der Waals surface area contributed by atoms with E-state index in [1.807, 2.05) is 21.1 Å². The lowest BCUT2D eigenvalue weighted by Gasteiger charge is -2.30. The number of unbranched alkanes of at least 4 members (excludes halogenated alkanes) is 22. The number of allylic oxidation sites excluding steroid dienone is 6. The van der Waals surface area contributed by atoms with Crippen LogP contribution in [0.25, 0.3) is 0 Å². The molecule has 2 N–H and O–H groups in total. The number of quaternary nitrogens is 1. The van der Waals surface area contributed by atoms with Crippen LogP contribution in [0.15, 0.2) is 36.5 Å². The Morgan fingerprint density at radius 2 is 1.05 bits per heavy atom. The van der Waals surface area contributed by atoms with Crippen molar-refractivity contribution < 1.29 is 32.9 Å². The average molecular weight is 797 g/mol. The summed E-state index contributed by atoms with van der Waals surface area (Å²) in [5.74, 6) is -0.175. The highest BCUT2D eigenvalue weighted by molar-refractivity contribution is 7.45. The van der Waals surface area contributed by atoms with Crippen molar-refractivity contribution in [1.82, 2.24) is 5.32 Å². The molecular formula is C46H89N2O6P. The molecule has 0 aromatic rings. The van der Waals surface area contributed by atoms with Gasteiger partial charge in [0, 0.05) is 6.42 Å². The Bertz CT molecular complexity index is 995. The zero-order chi connectivity index (χ0) is 40.7. The van der Waals surface area contributed by atoms with Gasteiger partial charge in [-0.1, -0.05) is 179 Å². The van der Waals surface area contributed by atoms with Crippen molar-refractivity contribution in [2.45, 2.75) is 212 Å². The molecule has 0 bridgehead atoms. The van der Waals surface area contributed by atoms with Crippen LogP contribution in [0, 0.1) is 0 Å². The van der Waals surface area contributed by atoms with Gasteiger partial charge in [-0.3, -0.25) is 9.36 Å². The largest absolute Gasteiger partial charge is 0.756 e. The zero-order valence-corrected chi connectivity index (χ0v) is 37.5. The Morgan fingerprint density at radius 1 is 0.636 bits per heavy atom. The van der Waals surface area contributed by atoms with Gasteiger partial charge in [0.05, 0.1) is 39.9 Å². The molecule has 1 amide bonds. The minimum absolute atomic E-state index is 0.0106. The van der Waals surface area contributed by atoms with Gasteiger partial charge < -0.3 is 28.8 Å². The van der Waals surface area contributed by atoms with E-state index >= 15 is 0 Å². The van der Waals surface area contributed by atoms with Crippen LogP contribution >= 0.6 is 7.82 Å². The summed E-state index contributed by atoms with van der Waals surface area (Å²) in [7, 11) is 1.30. The third-order valence-corrected chi connectivity index (χ3v) is 11.1. The van der Waals surface area contributed by atoms with E-state index in [9.17, 15) is 19.4 Å². The predicted molar refractivity (Wildman–Crippen MR) is 233 cm³/mol. The SMILES string of the molecule is CCCCCCC/C=C\C/C=C\C/C=C\CCCCCCCCCCCCCCCCC(=O)NC(COP(=O)([O-])OCC[N+](C)(C)C)C(O)CCCCCC. The fourth-order valence-electron chi connectivity index (χ4n) is 6.46. The topological polar surface area (TPSA) is 108 Å². The lowest BCUT2D eigenvalue weighted by molar-refractivity contribution is -0.870. The van der Waals surface area contributed by atoms with E-state index < -0.39 is 20.0 Å². The molecule has 0 saturated carbocycles. The molecule has 55 heavy (non-hydrogen) atoms. The molecule has 3 atom stereocenters. The Balaban J connectivity index is 3.87. The van der Waals surface area contributed by atoms with Gasteiger partial charge in [-0.25, -0.2) is 0 Å². The molecule has 0 aromatic carbocycles. The number of hydrogen-bond acceptors (Lipinski definition) is 6. The van der Waals surface area contributed by atoms with Gasteiger partial charge in [0.25, 0.3) is 7.82 Å². The Hall–Kier alpha value is -1.28. The normalized spacial score (nSPS) is 14.7. The van der Waals surface area contributed by atoms with Gasteiger partial charge in [0.15, 0.2) is 0 Å². The summed E-state index contributed by atoms with van der Waals surface area (Å²) in [6.07, 6.45) is 46.6. The molecule has 0 aliphatic rings. The molecule has 0 saturated heterocycles. The van der Waals surface area contributed by atoms with Crippen molar-refractivity contribution >= 4 is 13.7 Å². The molecule has 3 unspecified atom stereocenters. The van der Waals surface area contributed by atoms with Gasteiger partial charge in [-0.05, 0) is 51.4 Å². The number of nitrogens with zero attached hydrogens (tertiary/aromatic N) is 1. The van der Waals surface area contributed by atoms with Crippen molar-refractivity contribution in [2.75, 3.05) is 40.9 Å². The zero-order valence-electron chi connectivity index (χ0n) is 36.6. The number of likely N-dealkylation sites (N-methyl/N-ethyl adjacent to an activating group) is 1. The van der Waals surface area contributed by atoms with Gasteiger partial charge >= 0.3 is 0 Å². The Morgan fingerprint density at radius 3 is 1.53 bits per heavy atom. The third-order valence-electron chi connectivity index (χ3n) is 10.1. The van der Waals surface area contributed by atoms with Gasteiger partial charge in [0.2, 0.25) is 5.91 Å². The highest BCUT2D eigenvalue weighted by Crippen LogP contribution is 2.38. The molecule has 8 nitrogen and oxygen atoms in total. The molecule has 0 spiro atoms. The number of phosphoric acid groups is 1. The van der Waals surface area contributed by atoms with Crippen LogP contribution in [0.2, 0.25) is 0 Å². The standard InChI is InChI=1S/C46H89N2O6P/c1-6-8-10-12-13-14-15-16-17-18-19-20-21-22-23-24-25-26-27-28-29-30-31-32-33-34-35-36-38-40-46(50)47-44(45(49)39-37-11-9-7-2)43-54-55(51,52)53-42-41-48(3,4)5/h15-16,18-19,21-22,44-45,49H,6-14,17,20,23-43H2,1-5H3,(H-,47,50,51,52)/b16-15-,19-18-,22-21-. The molecule has 0 aliphatic carbocycles. The van der Waals surface area contributed by atoms with E-state index in [0.717, 1.165) is 57.8 Å². The predicted octanol–water partition coefficient (Wildman–Crippen LogP) is 12.1. The van der Waals surface area contributed by atoms with E-state index in [-0.39, 0.29) is 19.1 Å². The summed E-state index contributed by atoms with van der Waals surface area (Å²) in [5.41, 5.74) is 0. The molecule has 0 radical (unpaired) electrons. The van der Waals surface area contributed by atoms with Crippen molar-refractivity contribution in [2.24, 2.45) is 0 Å². The fraction of sp³-hybridized carbons (Fsp3) is 0.848. The van der Waals surface area contributed by atoms with Crippen LogP contribution in [-0.2, 0) is 18.4 Å². The van der Waals surface area contributed by atoms with E-state index in [1.54, 1.807) is 0 Å². The first-order chi connectivity index (χ1) is 26.5. The number of carbonyl (C=O) groups is 1. The maximum atomic E-state index is 12.7. The average Bonchev–Trinajstić information content (AvgIpc) is 3.13. The molecule has 0 aliphatic heterocycles. The number of phosphoric ester groups is 1. The van der Waals surface area contributed by atoms with Crippen molar-refractivity contribution in [3.63, 3.8) is 0 Å². The Labute approximate surface area is 340 Å². The maximum absolute atomic E-state index is 12.7. The van der Waals surface area contributed by atoms with Crippen LogP contribution in [0.4, 0.5) is 0 Å². The van der Waals surface area contributed by atoms with E-state index in [2.05, 4.69) is 55.6 Å². The minimum atomic E-state index is -4.54. The second kappa shape index (κ2) is 38.2. The second-order valence-corrected chi connectivity index (χ2v) is 18.2. The quantitative estimate of drug-likeness (QED) is 0.0276. The Kier molecular flexibility index (Phi) is 37.4. The van der Waals surface area contributed by atoms with Crippen molar-refractivity contribution in [3.8, 4) is 0 Å². The molecule has 0 rings (SSSR count). The second-order valence-electron chi connectivity index (χ2n) is 16.8. The smallest absolute Gasteiger partial charge is 0.268 e. The van der Waals surface area contributed by atoms with Gasteiger partial charge in [-0.2, -0.15) is 0 Å². The number of carbonyl (C=O) groups excluding carboxylic acids is 1. The number of aliphatic hydroxyl groups excluding tert-OH is 1. The van der Waals surface area contributed by atoms with E-state index in [4.69, 9.17) is 9.05 Å². The van der Waals surface area contributed by atoms with Gasteiger partial charge in [0.1, 0.15) is 13.2 Å². The number of amides is 1. The first-order valence-corrected chi connectivity index (χ1v) is 24.3. The summed E-state index contributed by atoms with van der Waals surface area (Å²) >= 11 is 0. The monoisotopic (exact) mass is 797 g/mol.